The minimum absolute atomic E-state index is 0.256. The molecule has 0 fully saturated rings. The van der Waals surface area contributed by atoms with Crippen LogP contribution in [-0.4, -0.2) is 46.8 Å². The molecule has 17 heavy (non-hydrogen) atoms. The Balaban J connectivity index is 2.33. The van der Waals surface area contributed by atoms with Crippen molar-refractivity contribution in [2.75, 3.05) is 42.3 Å². The minimum Gasteiger partial charge on any atom is -0.396 e. The van der Waals surface area contributed by atoms with E-state index in [2.05, 4.69) is 20.6 Å². The summed E-state index contributed by atoms with van der Waals surface area (Å²) in [5.74, 6) is 2.65. The molecule has 96 valence electrons. The number of nitrogens with zero attached hydrogens (tertiary/aromatic N) is 2. The first kappa shape index (κ1) is 14.3. The van der Waals surface area contributed by atoms with Gasteiger partial charge in [-0.05, 0) is 12.2 Å². The molecule has 0 bridgehead atoms. The second-order valence-electron chi connectivity index (χ2n) is 3.25. The summed E-state index contributed by atoms with van der Waals surface area (Å²) in [6.07, 6.45) is 2.27. The molecule has 5 nitrogen and oxygen atoms in total. The van der Waals surface area contributed by atoms with E-state index in [-0.39, 0.29) is 6.61 Å². The summed E-state index contributed by atoms with van der Waals surface area (Å²) in [4.78, 5) is 8.02. The smallest absolute Gasteiger partial charge is 0.157 e. The van der Waals surface area contributed by atoms with Crippen LogP contribution in [0.3, 0.4) is 0 Å². The van der Waals surface area contributed by atoms with Gasteiger partial charge >= 0.3 is 0 Å². The summed E-state index contributed by atoms with van der Waals surface area (Å²) < 4.78 is 0. The maximum Gasteiger partial charge on any atom is 0.157 e. The maximum absolute atomic E-state index is 8.63. The monoisotopic (exact) mass is 276 g/mol. The highest BCUT2D eigenvalue weighted by atomic mass is 35.5. The van der Waals surface area contributed by atoms with Crippen LogP contribution in [0.15, 0.2) is 6.33 Å². The van der Waals surface area contributed by atoms with Gasteiger partial charge in [0.15, 0.2) is 11.0 Å². The van der Waals surface area contributed by atoms with Crippen molar-refractivity contribution in [3.63, 3.8) is 0 Å². The largest absolute Gasteiger partial charge is 0.396 e. The number of aliphatic hydroxyl groups excluding tert-OH is 1. The molecule has 0 aliphatic heterocycles. The van der Waals surface area contributed by atoms with Crippen molar-refractivity contribution >= 4 is 34.9 Å². The Hall–Kier alpha value is -0.720. The first-order valence-electron chi connectivity index (χ1n) is 5.40. The van der Waals surface area contributed by atoms with Crippen LogP contribution in [-0.2, 0) is 0 Å². The number of thioether (sulfide) groups is 1. The fourth-order valence-corrected chi connectivity index (χ4v) is 2.24. The van der Waals surface area contributed by atoms with Crippen molar-refractivity contribution in [1.29, 1.82) is 0 Å². The highest BCUT2D eigenvalue weighted by Gasteiger charge is 2.06. The van der Waals surface area contributed by atoms with Gasteiger partial charge in [-0.2, -0.15) is 11.8 Å². The van der Waals surface area contributed by atoms with E-state index in [0.29, 0.717) is 5.15 Å². The summed E-state index contributed by atoms with van der Waals surface area (Å²) >= 11 is 7.72. The van der Waals surface area contributed by atoms with Crippen LogP contribution in [0.2, 0.25) is 5.15 Å². The summed E-state index contributed by atoms with van der Waals surface area (Å²) in [5.41, 5.74) is 0.717. The average molecular weight is 277 g/mol. The van der Waals surface area contributed by atoms with Crippen molar-refractivity contribution in [2.45, 2.75) is 6.42 Å². The Bertz CT molecular complexity index is 340. The number of rotatable bonds is 8. The lowest BCUT2D eigenvalue weighted by molar-refractivity contribution is 0.296. The van der Waals surface area contributed by atoms with Gasteiger partial charge in [0.2, 0.25) is 0 Å². The molecular weight excluding hydrogens is 260 g/mol. The summed E-state index contributed by atoms with van der Waals surface area (Å²) in [6, 6.07) is 0. The molecule has 1 aromatic rings. The normalized spacial score (nSPS) is 10.3. The number of nitrogens with one attached hydrogen (secondary N) is 2. The highest BCUT2D eigenvalue weighted by Crippen LogP contribution is 2.25. The van der Waals surface area contributed by atoms with Crippen LogP contribution in [0, 0.1) is 0 Å². The maximum atomic E-state index is 8.63. The zero-order valence-electron chi connectivity index (χ0n) is 9.74. The third-order valence-electron chi connectivity index (χ3n) is 2.04. The molecule has 0 spiro atoms. The molecule has 0 aromatic carbocycles. The Kier molecular flexibility index (Phi) is 7.07. The first-order chi connectivity index (χ1) is 8.29. The number of aromatic nitrogens is 2. The number of hydrogen-bond acceptors (Lipinski definition) is 6. The number of hydrogen-bond donors (Lipinski definition) is 3. The van der Waals surface area contributed by atoms with Crippen molar-refractivity contribution in [1.82, 2.24) is 9.97 Å². The molecule has 0 amide bonds. The van der Waals surface area contributed by atoms with Crippen LogP contribution in [0.5, 0.6) is 0 Å². The Labute approximate surface area is 110 Å². The molecule has 1 rings (SSSR count). The first-order valence-corrected chi connectivity index (χ1v) is 6.93. The van der Waals surface area contributed by atoms with Crippen LogP contribution >= 0.6 is 23.4 Å². The lowest BCUT2D eigenvalue weighted by Crippen LogP contribution is -2.09. The van der Waals surface area contributed by atoms with E-state index in [1.165, 1.54) is 6.33 Å². The van der Waals surface area contributed by atoms with E-state index in [1.807, 2.05) is 0 Å². The molecule has 3 N–H and O–H groups in total. The fraction of sp³-hybridized carbons (Fsp3) is 0.600. The molecule has 0 radical (unpaired) electrons. The number of aliphatic hydroxyl groups is 1. The molecule has 0 atom stereocenters. The predicted octanol–water partition coefficient (Wildman–Crippen LogP) is 1.70. The zero-order valence-corrected chi connectivity index (χ0v) is 11.3. The van der Waals surface area contributed by atoms with Gasteiger partial charge in [-0.1, -0.05) is 11.6 Å². The van der Waals surface area contributed by atoms with Gasteiger partial charge in [0, 0.05) is 26.0 Å². The van der Waals surface area contributed by atoms with Crippen molar-refractivity contribution in [2.24, 2.45) is 0 Å². The van der Waals surface area contributed by atoms with Crippen molar-refractivity contribution in [3.8, 4) is 0 Å². The van der Waals surface area contributed by atoms with E-state index in [1.54, 1.807) is 18.8 Å². The van der Waals surface area contributed by atoms with E-state index in [4.69, 9.17) is 16.7 Å². The second-order valence-corrected chi connectivity index (χ2v) is 4.84. The summed E-state index contributed by atoms with van der Waals surface area (Å²) in [6.45, 7) is 1.06. The quantitative estimate of drug-likeness (QED) is 0.496. The topological polar surface area (TPSA) is 70.1 Å². The molecule has 1 heterocycles. The second kappa shape index (κ2) is 8.38. The van der Waals surface area contributed by atoms with Gasteiger partial charge in [0.25, 0.3) is 0 Å². The Morgan fingerprint density at radius 2 is 2.24 bits per heavy atom. The van der Waals surface area contributed by atoms with Crippen LogP contribution in [0.4, 0.5) is 11.5 Å². The van der Waals surface area contributed by atoms with E-state index < -0.39 is 0 Å². The van der Waals surface area contributed by atoms with Crippen LogP contribution in [0.1, 0.15) is 6.42 Å². The van der Waals surface area contributed by atoms with Crippen molar-refractivity contribution < 1.29 is 5.11 Å². The minimum atomic E-state index is 0.256. The van der Waals surface area contributed by atoms with E-state index >= 15 is 0 Å². The fourth-order valence-electron chi connectivity index (χ4n) is 1.23. The zero-order chi connectivity index (χ0) is 12.5. The van der Waals surface area contributed by atoms with Gasteiger partial charge in [-0.3, -0.25) is 0 Å². The van der Waals surface area contributed by atoms with Gasteiger partial charge in [0.05, 0.1) is 0 Å². The lowest BCUT2D eigenvalue weighted by atomic mass is 10.4. The molecule has 0 saturated heterocycles. The Morgan fingerprint density at radius 1 is 1.41 bits per heavy atom. The van der Waals surface area contributed by atoms with Crippen molar-refractivity contribution in [3.05, 3.63) is 11.5 Å². The Morgan fingerprint density at radius 3 is 2.94 bits per heavy atom. The van der Waals surface area contributed by atoms with Gasteiger partial charge in [0.1, 0.15) is 12.0 Å². The molecule has 1 aromatic heterocycles. The number of halogens is 1. The SMILES string of the molecule is CNc1c(Cl)ncnc1NCCSCCCO. The standard InChI is InChI=1S/C10H17ClN4OS/c1-12-8-9(11)14-7-15-10(8)13-3-6-17-5-2-4-16/h7,12,16H,2-6H2,1H3,(H,13,14,15). The van der Waals surface area contributed by atoms with Crippen LogP contribution < -0.4 is 10.6 Å². The molecule has 0 aliphatic carbocycles. The molecule has 0 saturated carbocycles. The highest BCUT2D eigenvalue weighted by molar-refractivity contribution is 7.99. The van der Waals surface area contributed by atoms with E-state index in [9.17, 15) is 0 Å². The van der Waals surface area contributed by atoms with Gasteiger partial charge < -0.3 is 15.7 Å². The van der Waals surface area contributed by atoms with Gasteiger partial charge in [-0.15, -0.1) is 0 Å². The van der Waals surface area contributed by atoms with Gasteiger partial charge in [-0.25, -0.2) is 9.97 Å². The summed E-state index contributed by atoms with van der Waals surface area (Å²) in [7, 11) is 1.78. The predicted molar refractivity (Wildman–Crippen MR) is 74.1 cm³/mol. The average Bonchev–Trinajstić information content (AvgIpc) is 2.34. The molecule has 7 heteroatoms. The van der Waals surface area contributed by atoms with E-state index in [0.717, 1.165) is 36.0 Å². The molecular formula is C10H17ClN4OS. The number of anilines is 2. The van der Waals surface area contributed by atoms with Crippen LogP contribution in [0.25, 0.3) is 0 Å². The lowest BCUT2D eigenvalue weighted by Gasteiger charge is -2.10. The summed E-state index contributed by atoms with van der Waals surface area (Å²) in [5, 5.41) is 15.2. The third kappa shape index (κ3) is 4.97. The molecule has 0 aliphatic rings. The molecule has 0 unspecified atom stereocenters. The third-order valence-corrected chi connectivity index (χ3v) is 3.39.